The molecule has 2 N–H and O–H groups in total. The van der Waals surface area contributed by atoms with E-state index in [4.69, 9.17) is 0 Å². The van der Waals surface area contributed by atoms with Crippen LogP contribution in [-0.2, 0) is 0 Å². The van der Waals surface area contributed by atoms with Crippen LogP contribution in [0.25, 0.3) is 0 Å². The van der Waals surface area contributed by atoms with Crippen LogP contribution in [0.1, 0.15) is 56.6 Å². The van der Waals surface area contributed by atoms with Gasteiger partial charge < -0.3 is 15.3 Å². The SMILES string of the molecule is CC(C)NC(=O)N1CCCCN2[C@H](CO)[C@@H](c3ccc(C#CC4CC4)cc3)[C@H]2C1. The van der Waals surface area contributed by atoms with Crippen molar-refractivity contribution < 1.29 is 9.90 Å². The van der Waals surface area contributed by atoms with Gasteiger partial charge >= 0.3 is 6.03 Å². The van der Waals surface area contributed by atoms with E-state index in [1.807, 2.05) is 18.7 Å². The third-order valence-corrected chi connectivity index (χ3v) is 6.36. The Morgan fingerprint density at radius 1 is 1.21 bits per heavy atom. The number of fused-ring (bicyclic) bond motifs is 1. The van der Waals surface area contributed by atoms with Crippen LogP contribution in [0.2, 0.25) is 0 Å². The number of carbonyl (C=O) groups is 1. The number of aliphatic hydroxyl groups is 1. The van der Waals surface area contributed by atoms with Gasteiger partial charge in [-0.05, 0) is 63.8 Å². The first kappa shape index (κ1) is 20.3. The second-order valence-corrected chi connectivity index (χ2v) is 9.00. The summed E-state index contributed by atoms with van der Waals surface area (Å²) in [5.41, 5.74) is 2.31. The maximum absolute atomic E-state index is 12.7. The Morgan fingerprint density at radius 3 is 2.59 bits per heavy atom. The molecule has 0 bridgehead atoms. The average molecular weight is 396 g/mol. The molecular weight excluding hydrogens is 362 g/mol. The van der Waals surface area contributed by atoms with Gasteiger partial charge in [0, 0.05) is 48.6 Å². The minimum Gasteiger partial charge on any atom is -0.395 e. The lowest BCUT2D eigenvalue weighted by atomic mass is 9.74. The van der Waals surface area contributed by atoms with Gasteiger partial charge in [-0.1, -0.05) is 24.0 Å². The van der Waals surface area contributed by atoms with Crippen LogP contribution >= 0.6 is 0 Å². The van der Waals surface area contributed by atoms with E-state index in [2.05, 4.69) is 46.3 Å². The van der Waals surface area contributed by atoms with Gasteiger partial charge in [0.25, 0.3) is 0 Å². The number of nitrogens with one attached hydrogen (secondary N) is 1. The van der Waals surface area contributed by atoms with Crippen molar-refractivity contribution in [1.29, 1.82) is 0 Å². The molecule has 0 aromatic heterocycles. The first-order valence-corrected chi connectivity index (χ1v) is 11.1. The van der Waals surface area contributed by atoms with Crippen LogP contribution in [-0.4, -0.2) is 65.3 Å². The molecule has 2 heterocycles. The third-order valence-electron chi connectivity index (χ3n) is 6.36. The molecule has 3 aliphatic rings. The summed E-state index contributed by atoms with van der Waals surface area (Å²) in [4.78, 5) is 17.0. The lowest BCUT2D eigenvalue weighted by molar-refractivity contribution is -0.0591. The lowest BCUT2D eigenvalue weighted by Crippen LogP contribution is -2.68. The monoisotopic (exact) mass is 395 g/mol. The van der Waals surface area contributed by atoms with Crippen molar-refractivity contribution in [2.45, 2.75) is 63.6 Å². The standard InChI is InChI=1S/C24H33N3O2/c1-17(2)25-24(29)26-13-3-4-14-27-21(15-26)23(22(27)16-28)20-11-9-19(10-12-20)8-7-18-5-6-18/h9-12,17-18,21-23,28H,3-6,13-16H2,1-2H3,(H,25,29)/t21-,22-,23+/m1/s1. The number of aliphatic hydroxyl groups excluding tert-OH is 1. The molecule has 0 unspecified atom stereocenters. The van der Waals surface area contributed by atoms with Crippen molar-refractivity contribution in [3.8, 4) is 11.8 Å². The Kier molecular flexibility index (Phi) is 6.12. The summed E-state index contributed by atoms with van der Waals surface area (Å²) in [5, 5.41) is 13.1. The van der Waals surface area contributed by atoms with Crippen molar-refractivity contribution in [3.63, 3.8) is 0 Å². The second kappa shape index (κ2) is 8.77. The fourth-order valence-corrected chi connectivity index (χ4v) is 4.66. The van der Waals surface area contributed by atoms with E-state index in [1.54, 1.807) is 0 Å². The molecule has 3 atom stereocenters. The topological polar surface area (TPSA) is 55.8 Å². The highest BCUT2D eigenvalue weighted by molar-refractivity contribution is 5.74. The number of benzene rings is 1. The molecule has 156 valence electrons. The summed E-state index contributed by atoms with van der Waals surface area (Å²) >= 11 is 0. The van der Waals surface area contributed by atoms with Crippen molar-refractivity contribution >= 4 is 6.03 Å². The molecule has 1 aromatic carbocycles. The number of carbonyl (C=O) groups excluding carboxylic acids is 1. The van der Waals surface area contributed by atoms with Gasteiger partial charge in [-0.25, -0.2) is 4.79 Å². The van der Waals surface area contributed by atoms with Crippen molar-refractivity contribution in [2.75, 3.05) is 26.2 Å². The van der Waals surface area contributed by atoms with E-state index < -0.39 is 0 Å². The van der Waals surface area contributed by atoms with E-state index in [0.717, 1.165) is 31.5 Å². The predicted molar refractivity (Wildman–Crippen MR) is 115 cm³/mol. The molecule has 1 aromatic rings. The summed E-state index contributed by atoms with van der Waals surface area (Å²) in [5.74, 6) is 7.44. The Bertz CT molecular complexity index is 776. The summed E-state index contributed by atoms with van der Waals surface area (Å²) in [6.45, 7) is 6.66. The Morgan fingerprint density at radius 2 is 1.93 bits per heavy atom. The van der Waals surface area contributed by atoms with Crippen LogP contribution in [0.4, 0.5) is 4.79 Å². The minimum absolute atomic E-state index is 0.0266. The van der Waals surface area contributed by atoms with Gasteiger partial charge in [-0.3, -0.25) is 4.90 Å². The molecule has 5 heteroatoms. The smallest absolute Gasteiger partial charge is 0.317 e. The molecule has 2 amide bonds. The number of nitrogens with zero attached hydrogens (tertiary/aromatic N) is 2. The molecule has 5 nitrogen and oxygen atoms in total. The van der Waals surface area contributed by atoms with Gasteiger partial charge in [-0.15, -0.1) is 0 Å². The first-order valence-electron chi connectivity index (χ1n) is 11.1. The van der Waals surface area contributed by atoms with Gasteiger partial charge in [-0.2, -0.15) is 0 Å². The van der Waals surface area contributed by atoms with Gasteiger partial charge in [0.2, 0.25) is 0 Å². The van der Waals surface area contributed by atoms with Crippen LogP contribution in [0.5, 0.6) is 0 Å². The molecular formula is C24H33N3O2. The summed E-state index contributed by atoms with van der Waals surface area (Å²) < 4.78 is 0. The molecule has 0 radical (unpaired) electrons. The highest BCUT2D eigenvalue weighted by Crippen LogP contribution is 2.42. The first-order chi connectivity index (χ1) is 14.1. The Labute approximate surface area is 174 Å². The quantitative estimate of drug-likeness (QED) is 0.774. The van der Waals surface area contributed by atoms with Gasteiger partial charge in [0.15, 0.2) is 0 Å². The zero-order valence-electron chi connectivity index (χ0n) is 17.6. The fraction of sp³-hybridized carbons (Fsp3) is 0.625. The molecule has 4 rings (SSSR count). The number of hydrogen-bond donors (Lipinski definition) is 2. The summed E-state index contributed by atoms with van der Waals surface area (Å²) in [6, 6.07) is 9.10. The van der Waals surface area contributed by atoms with Crippen LogP contribution in [0, 0.1) is 17.8 Å². The normalized spacial score (nSPS) is 27.2. The maximum atomic E-state index is 12.7. The maximum Gasteiger partial charge on any atom is 0.317 e. The molecule has 2 aliphatic heterocycles. The summed E-state index contributed by atoms with van der Waals surface area (Å²) in [6.07, 6.45) is 4.54. The van der Waals surface area contributed by atoms with E-state index in [1.165, 1.54) is 18.4 Å². The highest BCUT2D eigenvalue weighted by Gasteiger charge is 2.49. The molecule has 1 aliphatic carbocycles. The van der Waals surface area contributed by atoms with Crippen molar-refractivity contribution in [3.05, 3.63) is 35.4 Å². The van der Waals surface area contributed by atoms with Crippen molar-refractivity contribution in [2.24, 2.45) is 5.92 Å². The number of urea groups is 1. The van der Waals surface area contributed by atoms with E-state index in [9.17, 15) is 9.90 Å². The Hall–Kier alpha value is -2.03. The summed E-state index contributed by atoms with van der Waals surface area (Å²) in [7, 11) is 0. The second-order valence-electron chi connectivity index (χ2n) is 9.00. The minimum atomic E-state index is 0.0266. The highest BCUT2D eigenvalue weighted by atomic mass is 16.3. The molecule has 1 saturated carbocycles. The van der Waals surface area contributed by atoms with E-state index in [-0.39, 0.29) is 36.7 Å². The van der Waals surface area contributed by atoms with E-state index in [0.29, 0.717) is 12.5 Å². The number of rotatable bonds is 3. The largest absolute Gasteiger partial charge is 0.395 e. The van der Waals surface area contributed by atoms with E-state index >= 15 is 0 Å². The fourth-order valence-electron chi connectivity index (χ4n) is 4.66. The number of amides is 2. The molecule has 3 fully saturated rings. The molecule has 0 spiro atoms. The number of hydrogen-bond acceptors (Lipinski definition) is 3. The van der Waals surface area contributed by atoms with Gasteiger partial charge in [0.1, 0.15) is 0 Å². The van der Waals surface area contributed by atoms with Gasteiger partial charge in [0.05, 0.1) is 6.61 Å². The predicted octanol–water partition coefficient (Wildman–Crippen LogP) is 2.79. The third kappa shape index (κ3) is 4.60. The zero-order valence-corrected chi connectivity index (χ0v) is 17.6. The van der Waals surface area contributed by atoms with Crippen LogP contribution in [0.15, 0.2) is 24.3 Å². The zero-order chi connectivity index (χ0) is 20.4. The average Bonchev–Trinajstić information content (AvgIpc) is 3.50. The lowest BCUT2D eigenvalue weighted by Gasteiger charge is -2.57. The Balaban J connectivity index is 1.50. The van der Waals surface area contributed by atoms with Crippen LogP contribution < -0.4 is 5.32 Å². The van der Waals surface area contributed by atoms with Crippen molar-refractivity contribution in [1.82, 2.24) is 15.1 Å². The van der Waals surface area contributed by atoms with Crippen LogP contribution in [0.3, 0.4) is 0 Å². The molecule has 29 heavy (non-hydrogen) atoms. The molecule has 2 saturated heterocycles.